The van der Waals surface area contributed by atoms with E-state index in [4.69, 9.17) is 4.74 Å². The van der Waals surface area contributed by atoms with Gasteiger partial charge in [-0.2, -0.15) is 0 Å². The van der Waals surface area contributed by atoms with Crippen molar-refractivity contribution in [2.45, 2.75) is 27.0 Å². The lowest BCUT2D eigenvalue weighted by atomic mass is 10.2. The van der Waals surface area contributed by atoms with Gasteiger partial charge in [0, 0.05) is 23.8 Å². The Morgan fingerprint density at radius 3 is 2.65 bits per heavy atom. The van der Waals surface area contributed by atoms with E-state index in [2.05, 4.69) is 30.0 Å². The van der Waals surface area contributed by atoms with Gasteiger partial charge in [0.1, 0.15) is 17.9 Å². The van der Waals surface area contributed by atoms with Crippen molar-refractivity contribution < 1.29 is 9.13 Å². The van der Waals surface area contributed by atoms with Crippen molar-refractivity contribution in [2.75, 3.05) is 0 Å². The smallest absolute Gasteiger partial charge is 0.238 e. The minimum absolute atomic E-state index is 0.250. The molecule has 0 aliphatic rings. The van der Waals surface area contributed by atoms with Gasteiger partial charge in [-0.05, 0) is 43.2 Å². The number of benzene rings is 1. The normalized spacial score (nSPS) is 10.9. The van der Waals surface area contributed by atoms with Gasteiger partial charge < -0.3 is 9.30 Å². The molecule has 1 aromatic carbocycles. The van der Waals surface area contributed by atoms with Crippen LogP contribution in [0.1, 0.15) is 16.8 Å². The molecule has 23 heavy (non-hydrogen) atoms. The van der Waals surface area contributed by atoms with Crippen molar-refractivity contribution in [3.63, 3.8) is 0 Å². The van der Waals surface area contributed by atoms with Gasteiger partial charge in [0.25, 0.3) is 0 Å². The van der Waals surface area contributed by atoms with Gasteiger partial charge in [-0.3, -0.25) is 0 Å². The third-order valence-electron chi connectivity index (χ3n) is 4.11. The Labute approximate surface area is 135 Å². The summed E-state index contributed by atoms with van der Waals surface area (Å²) in [5.74, 6) is 0.338. The molecular formula is C19H19FN2O. The number of hydrogen-bond acceptors (Lipinski definition) is 2. The summed E-state index contributed by atoms with van der Waals surface area (Å²) in [4.78, 5) is 4.39. The molecule has 0 amide bonds. The number of pyridine rings is 1. The number of aromatic nitrogens is 2. The number of allylic oxidation sites excluding steroid dienone is 1. The van der Waals surface area contributed by atoms with Crippen molar-refractivity contribution in [2.24, 2.45) is 0 Å². The number of nitrogens with zero attached hydrogens (tertiary/aromatic N) is 2. The maximum Gasteiger partial charge on any atom is 0.238 e. The first-order valence-corrected chi connectivity index (χ1v) is 7.54. The van der Waals surface area contributed by atoms with Crippen LogP contribution in [0.25, 0.3) is 10.9 Å². The zero-order chi connectivity index (χ0) is 16.4. The fraction of sp³-hybridized carbons (Fsp3) is 0.211. The molecule has 4 heteroatoms. The average Bonchev–Trinajstić information content (AvgIpc) is 2.80. The SMILES string of the molecule is C=CCn1c(C)c(C)c2ccnc(OCc3ccc(F)cc3)c21. The van der Waals surface area contributed by atoms with Crippen LogP contribution in [-0.4, -0.2) is 9.55 Å². The standard InChI is InChI=1S/C19H19FN2O/c1-4-11-22-14(3)13(2)17-9-10-21-19(18(17)22)23-12-15-5-7-16(20)8-6-15/h4-10H,1,11-12H2,2-3H3. The van der Waals surface area contributed by atoms with Crippen LogP contribution < -0.4 is 4.74 Å². The molecule has 0 N–H and O–H groups in total. The van der Waals surface area contributed by atoms with Crippen LogP contribution in [0, 0.1) is 19.7 Å². The monoisotopic (exact) mass is 310 g/mol. The zero-order valence-electron chi connectivity index (χ0n) is 13.3. The predicted molar refractivity (Wildman–Crippen MR) is 90.1 cm³/mol. The van der Waals surface area contributed by atoms with E-state index in [-0.39, 0.29) is 5.82 Å². The van der Waals surface area contributed by atoms with Gasteiger partial charge in [0.15, 0.2) is 0 Å². The summed E-state index contributed by atoms with van der Waals surface area (Å²) in [6.45, 7) is 9.07. The van der Waals surface area contributed by atoms with Crippen LogP contribution in [0.15, 0.2) is 49.2 Å². The van der Waals surface area contributed by atoms with E-state index in [9.17, 15) is 4.39 Å². The number of fused-ring (bicyclic) bond motifs is 1. The van der Waals surface area contributed by atoms with Crippen LogP contribution in [0.3, 0.4) is 0 Å². The van der Waals surface area contributed by atoms with Gasteiger partial charge >= 0.3 is 0 Å². The molecule has 0 aliphatic carbocycles. The molecule has 2 heterocycles. The molecule has 0 saturated heterocycles. The molecule has 0 spiro atoms. The number of hydrogen-bond donors (Lipinski definition) is 0. The molecule has 3 nitrogen and oxygen atoms in total. The largest absolute Gasteiger partial charge is 0.471 e. The predicted octanol–water partition coefficient (Wildman–Crippen LogP) is 4.56. The van der Waals surface area contributed by atoms with Crippen molar-refractivity contribution >= 4 is 10.9 Å². The van der Waals surface area contributed by atoms with E-state index < -0.39 is 0 Å². The van der Waals surface area contributed by atoms with Crippen LogP contribution in [-0.2, 0) is 13.2 Å². The highest BCUT2D eigenvalue weighted by Gasteiger charge is 2.15. The molecule has 0 saturated carbocycles. The summed E-state index contributed by atoms with van der Waals surface area (Å²) in [5, 5.41) is 1.13. The topological polar surface area (TPSA) is 27.1 Å². The second-order valence-electron chi connectivity index (χ2n) is 5.54. The first-order valence-electron chi connectivity index (χ1n) is 7.54. The highest BCUT2D eigenvalue weighted by molar-refractivity contribution is 5.88. The van der Waals surface area contributed by atoms with Crippen LogP contribution >= 0.6 is 0 Å². The summed E-state index contributed by atoms with van der Waals surface area (Å²) in [7, 11) is 0. The molecule has 3 aromatic rings. The van der Waals surface area contributed by atoms with E-state index >= 15 is 0 Å². The average molecular weight is 310 g/mol. The molecule has 0 atom stereocenters. The molecule has 118 valence electrons. The summed E-state index contributed by atoms with van der Waals surface area (Å²) in [5.41, 5.74) is 4.28. The Hall–Kier alpha value is -2.62. The van der Waals surface area contributed by atoms with Crippen LogP contribution in [0.2, 0.25) is 0 Å². The summed E-state index contributed by atoms with van der Waals surface area (Å²) >= 11 is 0. The Balaban J connectivity index is 1.98. The van der Waals surface area contributed by atoms with E-state index in [1.54, 1.807) is 18.3 Å². The first-order chi connectivity index (χ1) is 11.1. The number of ether oxygens (including phenoxy) is 1. The summed E-state index contributed by atoms with van der Waals surface area (Å²) < 4.78 is 21.0. The Kier molecular flexibility index (Phi) is 4.15. The molecule has 2 aromatic heterocycles. The number of rotatable bonds is 5. The van der Waals surface area contributed by atoms with Gasteiger partial charge in [-0.15, -0.1) is 6.58 Å². The van der Waals surface area contributed by atoms with Crippen LogP contribution in [0.4, 0.5) is 4.39 Å². The van der Waals surface area contributed by atoms with E-state index in [0.717, 1.165) is 16.5 Å². The molecular weight excluding hydrogens is 291 g/mol. The van der Waals surface area contributed by atoms with Gasteiger partial charge in [-0.1, -0.05) is 18.2 Å². The summed E-state index contributed by atoms with van der Waals surface area (Å²) in [6, 6.07) is 8.30. The molecule has 0 unspecified atom stereocenters. The van der Waals surface area contributed by atoms with Gasteiger partial charge in [0.05, 0.1) is 0 Å². The molecule has 0 fully saturated rings. The van der Waals surface area contributed by atoms with E-state index in [0.29, 0.717) is 19.0 Å². The Morgan fingerprint density at radius 1 is 1.22 bits per heavy atom. The fourth-order valence-corrected chi connectivity index (χ4v) is 2.76. The zero-order valence-corrected chi connectivity index (χ0v) is 13.3. The van der Waals surface area contributed by atoms with E-state index in [1.165, 1.54) is 23.4 Å². The summed E-state index contributed by atoms with van der Waals surface area (Å²) in [6.07, 6.45) is 3.62. The van der Waals surface area contributed by atoms with Gasteiger partial charge in [0.2, 0.25) is 5.88 Å². The Bertz CT molecular complexity index is 850. The highest BCUT2D eigenvalue weighted by Crippen LogP contribution is 2.31. The van der Waals surface area contributed by atoms with Crippen molar-refractivity contribution in [1.29, 1.82) is 0 Å². The molecule has 0 bridgehead atoms. The lowest BCUT2D eigenvalue weighted by molar-refractivity contribution is 0.296. The number of halogens is 1. The maximum atomic E-state index is 13.0. The first kappa shape index (κ1) is 15.3. The molecule has 0 radical (unpaired) electrons. The minimum atomic E-state index is -0.250. The molecule has 0 aliphatic heterocycles. The second kappa shape index (κ2) is 6.24. The van der Waals surface area contributed by atoms with Gasteiger partial charge in [-0.25, -0.2) is 9.37 Å². The third kappa shape index (κ3) is 2.84. The maximum absolute atomic E-state index is 13.0. The lowest BCUT2D eigenvalue weighted by Crippen LogP contribution is -2.02. The van der Waals surface area contributed by atoms with Crippen molar-refractivity contribution in [1.82, 2.24) is 9.55 Å². The lowest BCUT2D eigenvalue weighted by Gasteiger charge is -2.10. The highest BCUT2D eigenvalue weighted by atomic mass is 19.1. The van der Waals surface area contributed by atoms with Crippen molar-refractivity contribution in [3.8, 4) is 5.88 Å². The van der Waals surface area contributed by atoms with Crippen LogP contribution in [0.5, 0.6) is 5.88 Å². The van der Waals surface area contributed by atoms with E-state index in [1.807, 2.05) is 12.1 Å². The van der Waals surface area contributed by atoms with Crippen molar-refractivity contribution in [3.05, 3.63) is 71.8 Å². The molecule has 3 rings (SSSR count). The number of aryl methyl sites for hydroxylation is 1. The minimum Gasteiger partial charge on any atom is -0.471 e. The third-order valence-corrected chi connectivity index (χ3v) is 4.11. The Morgan fingerprint density at radius 2 is 1.96 bits per heavy atom. The second-order valence-corrected chi connectivity index (χ2v) is 5.54. The quantitative estimate of drug-likeness (QED) is 0.646. The fourth-order valence-electron chi connectivity index (χ4n) is 2.76.